The third-order valence-electron chi connectivity index (χ3n) is 3.38. The molecule has 3 rings (SSSR count). The van der Waals surface area contributed by atoms with Crippen LogP contribution in [-0.4, -0.2) is 34.4 Å². The number of nitrogens with zero attached hydrogens (tertiary/aromatic N) is 4. The smallest absolute Gasteiger partial charge is 0.181 e. The fourth-order valence-corrected chi connectivity index (χ4v) is 2.10. The number of rotatable bonds is 6. The van der Waals surface area contributed by atoms with Crippen LogP contribution in [0.4, 0.5) is 5.69 Å². The molecule has 0 aliphatic rings. The molecular formula is C17H17N5O2. The second-order valence-electron chi connectivity index (χ2n) is 4.85. The summed E-state index contributed by atoms with van der Waals surface area (Å²) < 4.78 is 11.9. The lowest BCUT2D eigenvalue weighted by molar-refractivity contribution is 0.414. The average molecular weight is 323 g/mol. The molecule has 0 saturated carbocycles. The first-order valence-electron chi connectivity index (χ1n) is 7.30. The van der Waals surface area contributed by atoms with Crippen molar-refractivity contribution in [2.45, 2.75) is 0 Å². The Hall–Kier alpha value is -3.35. The molecule has 1 N–H and O–H groups in total. The summed E-state index contributed by atoms with van der Waals surface area (Å²) in [6.45, 7) is 0. The number of ether oxygens (including phenoxy) is 2. The van der Waals surface area contributed by atoms with Crippen molar-refractivity contribution in [3.63, 3.8) is 0 Å². The van der Waals surface area contributed by atoms with E-state index in [1.165, 1.54) is 0 Å². The molecule has 0 amide bonds. The van der Waals surface area contributed by atoms with Gasteiger partial charge in [0.1, 0.15) is 11.5 Å². The van der Waals surface area contributed by atoms with E-state index < -0.39 is 0 Å². The number of hydrogen-bond acceptors (Lipinski definition) is 6. The van der Waals surface area contributed by atoms with E-state index >= 15 is 0 Å². The van der Waals surface area contributed by atoms with Gasteiger partial charge in [0.15, 0.2) is 5.82 Å². The summed E-state index contributed by atoms with van der Waals surface area (Å²) in [5.74, 6) is 2.21. The molecule has 0 atom stereocenters. The van der Waals surface area contributed by atoms with E-state index in [1.54, 1.807) is 31.2 Å². The van der Waals surface area contributed by atoms with Gasteiger partial charge in [-0.25, -0.2) is 0 Å². The molecule has 0 radical (unpaired) electrons. The Morgan fingerprint density at radius 1 is 0.917 bits per heavy atom. The van der Waals surface area contributed by atoms with Gasteiger partial charge in [0.2, 0.25) is 0 Å². The van der Waals surface area contributed by atoms with Crippen molar-refractivity contribution in [2.24, 2.45) is 0 Å². The maximum Gasteiger partial charge on any atom is 0.181 e. The molecule has 0 unspecified atom stereocenters. The lowest BCUT2D eigenvalue weighted by atomic mass is 10.3. The summed E-state index contributed by atoms with van der Waals surface area (Å²) in [6.07, 6.45) is 3.59. The van der Waals surface area contributed by atoms with Crippen molar-refractivity contribution in [1.29, 1.82) is 0 Å². The molecule has 7 heteroatoms. The zero-order valence-electron chi connectivity index (χ0n) is 13.4. The highest BCUT2D eigenvalue weighted by molar-refractivity contribution is 5.53. The predicted molar refractivity (Wildman–Crippen MR) is 91.4 cm³/mol. The molecule has 0 spiro atoms. The molecule has 0 aliphatic carbocycles. The van der Waals surface area contributed by atoms with Gasteiger partial charge in [-0.05, 0) is 59.0 Å². The fraction of sp³-hybridized carbons (Fsp3) is 0.118. The van der Waals surface area contributed by atoms with E-state index in [4.69, 9.17) is 9.47 Å². The lowest BCUT2D eigenvalue weighted by Gasteiger charge is -2.04. The first-order valence-corrected chi connectivity index (χ1v) is 7.30. The van der Waals surface area contributed by atoms with Crippen LogP contribution in [0.1, 0.15) is 5.82 Å². The first-order chi connectivity index (χ1) is 11.8. The zero-order chi connectivity index (χ0) is 16.8. The second-order valence-corrected chi connectivity index (χ2v) is 4.85. The van der Waals surface area contributed by atoms with Crippen molar-refractivity contribution in [2.75, 3.05) is 19.5 Å². The van der Waals surface area contributed by atoms with Crippen LogP contribution >= 0.6 is 0 Å². The highest BCUT2D eigenvalue weighted by Gasteiger charge is 2.05. The van der Waals surface area contributed by atoms with Gasteiger partial charge in [-0.3, -0.25) is 0 Å². The molecule has 24 heavy (non-hydrogen) atoms. The number of anilines is 1. The molecule has 1 heterocycles. The van der Waals surface area contributed by atoms with Gasteiger partial charge in [0, 0.05) is 18.0 Å². The van der Waals surface area contributed by atoms with Crippen molar-refractivity contribution in [3.8, 4) is 17.2 Å². The maximum absolute atomic E-state index is 5.15. The number of benzene rings is 2. The Morgan fingerprint density at radius 2 is 1.54 bits per heavy atom. The van der Waals surface area contributed by atoms with E-state index in [9.17, 15) is 0 Å². The lowest BCUT2D eigenvalue weighted by Crippen LogP contribution is -2.00. The summed E-state index contributed by atoms with van der Waals surface area (Å²) in [6, 6.07) is 15.1. The number of nitrogens with one attached hydrogen (secondary N) is 1. The van der Waals surface area contributed by atoms with Crippen molar-refractivity contribution < 1.29 is 9.47 Å². The van der Waals surface area contributed by atoms with Crippen LogP contribution in [0.25, 0.3) is 11.8 Å². The van der Waals surface area contributed by atoms with Crippen molar-refractivity contribution in [1.82, 2.24) is 20.2 Å². The van der Waals surface area contributed by atoms with Gasteiger partial charge >= 0.3 is 0 Å². The summed E-state index contributed by atoms with van der Waals surface area (Å²) >= 11 is 0. The molecule has 3 aromatic rings. The van der Waals surface area contributed by atoms with Gasteiger partial charge in [0.25, 0.3) is 0 Å². The minimum Gasteiger partial charge on any atom is -0.497 e. The van der Waals surface area contributed by atoms with Crippen LogP contribution < -0.4 is 14.8 Å². The van der Waals surface area contributed by atoms with E-state index in [0.717, 1.165) is 22.9 Å². The van der Waals surface area contributed by atoms with Gasteiger partial charge in [-0.15, -0.1) is 5.10 Å². The van der Waals surface area contributed by atoms with Crippen LogP contribution in [-0.2, 0) is 0 Å². The number of aromatic nitrogens is 4. The standard InChI is InChI=1S/C17H17N5O2/c1-23-15-7-3-13(4-8-15)18-12-11-17-19-20-21-22(17)14-5-9-16(24-2)10-6-14/h3-12,18H,1-2H3. The Labute approximate surface area is 139 Å². The summed E-state index contributed by atoms with van der Waals surface area (Å²) in [5.41, 5.74) is 1.79. The van der Waals surface area contributed by atoms with Gasteiger partial charge in [-0.1, -0.05) is 0 Å². The number of tetrazole rings is 1. The SMILES string of the molecule is COc1ccc(NC=Cc2nnnn2-c2ccc(OC)cc2)cc1. The number of methoxy groups -OCH3 is 2. The Morgan fingerprint density at radius 3 is 2.17 bits per heavy atom. The Kier molecular flexibility index (Phi) is 4.71. The zero-order valence-corrected chi connectivity index (χ0v) is 13.4. The summed E-state index contributed by atoms with van der Waals surface area (Å²) in [7, 11) is 3.27. The molecule has 7 nitrogen and oxygen atoms in total. The predicted octanol–water partition coefficient (Wildman–Crippen LogP) is 2.76. The average Bonchev–Trinajstić information content (AvgIpc) is 3.11. The van der Waals surface area contributed by atoms with Gasteiger partial charge in [0.05, 0.1) is 19.9 Å². The molecule has 2 aromatic carbocycles. The minimum atomic E-state index is 0.612. The van der Waals surface area contributed by atoms with Crippen LogP contribution in [0.2, 0.25) is 0 Å². The normalized spacial score (nSPS) is 10.8. The van der Waals surface area contributed by atoms with Crippen LogP contribution in [0, 0.1) is 0 Å². The van der Waals surface area contributed by atoms with Gasteiger partial charge in [-0.2, -0.15) is 4.68 Å². The molecule has 0 bridgehead atoms. The molecule has 122 valence electrons. The van der Waals surface area contributed by atoms with Crippen LogP contribution in [0.15, 0.2) is 54.7 Å². The maximum atomic E-state index is 5.15. The minimum absolute atomic E-state index is 0.612. The first kappa shape index (κ1) is 15.5. The van der Waals surface area contributed by atoms with Crippen LogP contribution in [0.3, 0.4) is 0 Å². The van der Waals surface area contributed by atoms with E-state index in [2.05, 4.69) is 20.8 Å². The summed E-state index contributed by atoms with van der Waals surface area (Å²) in [5, 5.41) is 14.9. The third kappa shape index (κ3) is 3.52. The third-order valence-corrected chi connectivity index (χ3v) is 3.38. The quantitative estimate of drug-likeness (QED) is 0.752. The van der Waals surface area contributed by atoms with E-state index in [-0.39, 0.29) is 0 Å². The Balaban J connectivity index is 1.72. The molecule has 1 aromatic heterocycles. The van der Waals surface area contributed by atoms with E-state index in [1.807, 2.05) is 48.5 Å². The fourth-order valence-electron chi connectivity index (χ4n) is 2.10. The van der Waals surface area contributed by atoms with Gasteiger partial charge < -0.3 is 14.8 Å². The van der Waals surface area contributed by atoms with Crippen molar-refractivity contribution in [3.05, 3.63) is 60.6 Å². The molecule has 0 saturated heterocycles. The molecular weight excluding hydrogens is 306 g/mol. The summed E-state index contributed by atoms with van der Waals surface area (Å²) in [4.78, 5) is 0. The number of hydrogen-bond donors (Lipinski definition) is 1. The largest absolute Gasteiger partial charge is 0.497 e. The molecule has 0 fully saturated rings. The Bertz CT molecular complexity index is 810. The van der Waals surface area contributed by atoms with E-state index in [0.29, 0.717) is 5.82 Å². The highest BCUT2D eigenvalue weighted by atomic mass is 16.5. The monoisotopic (exact) mass is 323 g/mol. The second kappa shape index (κ2) is 7.28. The highest BCUT2D eigenvalue weighted by Crippen LogP contribution is 2.16. The molecule has 0 aliphatic heterocycles. The van der Waals surface area contributed by atoms with Crippen molar-refractivity contribution >= 4 is 11.8 Å². The van der Waals surface area contributed by atoms with Crippen LogP contribution in [0.5, 0.6) is 11.5 Å². The topological polar surface area (TPSA) is 74.1 Å².